The van der Waals surface area contributed by atoms with E-state index in [1.54, 1.807) is 0 Å². The maximum atomic E-state index is 5.15. The van der Waals surface area contributed by atoms with Crippen molar-refractivity contribution in [2.75, 3.05) is 0 Å². The van der Waals surface area contributed by atoms with Gasteiger partial charge in [0.1, 0.15) is 5.82 Å². The van der Waals surface area contributed by atoms with Crippen LogP contribution >= 0.6 is 11.3 Å². The highest BCUT2D eigenvalue weighted by molar-refractivity contribution is 7.25. The largest absolute Gasteiger partial charge is 0.292 e. The Morgan fingerprint density at radius 2 is 0.907 bits per heavy atom. The van der Waals surface area contributed by atoms with Crippen LogP contribution in [0.15, 0.2) is 194 Å². The molecule has 3 heteroatoms. The smallest absolute Gasteiger partial charge is 0.145 e. The van der Waals surface area contributed by atoms with Crippen LogP contribution in [0.25, 0.3) is 103 Å². The van der Waals surface area contributed by atoms with Gasteiger partial charge in [0.05, 0.1) is 11.0 Å². The minimum Gasteiger partial charge on any atom is -0.292 e. The molecule has 0 aliphatic carbocycles. The SMILES string of the molecule is c1ccc(-c2ccc3c(-c4ccc(-c5nc6ccccc6n5-c5ccccc5)cc4)c4ccccc4c(-c4ccc5sc6ccccc6c5c4)c3c2)cc1. The van der Waals surface area contributed by atoms with Crippen LogP contribution in [0.2, 0.25) is 0 Å². The van der Waals surface area contributed by atoms with Gasteiger partial charge in [-0.2, -0.15) is 0 Å². The lowest BCUT2D eigenvalue weighted by Gasteiger charge is -2.19. The first-order chi connectivity index (χ1) is 26.8. The monoisotopic (exact) mass is 704 g/mol. The second kappa shape index (κ2) is 12.4. The molecule has 0 aliphatic heterocycles. The summed E-state index contributed by atoms with van der Waals surface area (Å²) in [6, 6.07) is 70.4. The van der Waals surface area contributed by atoms with Crippen LogP contribution in [-0.4, -0.2) is 9.55 Å². The van der Waals surface area contributed by atoms with Gasteiger partial charge < -0.3 is 0 Å². The van der Waals surface area contributed by atoms with Crippen LogP contribution in [0.1, 0.15) is 0 Å². The number of hydrogen-bond acceptors (Lipinski definition) is 2. The van der Waals surface area contributed by atoms with Crippen LogP contribution in [0.3, 0.4) is 0 Å². The van der Waals surface area contributed by atoms with Crippen molar-refractivity contribution in [2.24, 2.45) is 0 Å². The van der Waals surface area contributed by atoms with Crippen molar-refractivity contribution in [1.82, 2.24) is 9.55 Å². The zero-order chi connectivity index (χ0) is 35.6. The Morgan fingerprint density at radius 1 is 0.352 bits per heavy atom. The molecule has 2 heterocycles. The van der Waals surface area contributed by atoms with Gasteiger partial charge in [-0.15, -0.1) is 11.3 Å². The third kappa shape index (κ3) is 4.90. The lowest BCUT2D eigenvalue weighted by molar-refractivity contribution is 1.10. The minimum absolute atomic E-state index is 0.933. The number of nitrogens with zero attached hydrogens (tertiary/aromatic N) is 2. The molecule has 0 unspecified atom stereocenters. The Morgan fingerprint density at radius 3 is 1.70 bits per heavy atom. The lowest BCUT2D eigenvalue weighted by Crippen LogP contribution is -1.97. The number of thiophene rings is 1. The number of rotatable bonds is 5. The topological polar surface area (TPSA) is 17.8 Å². The Kier molecular flexibility index (Phi) is 7.07. The average molecular weight is 705 g/mol. The average Bonchev–Trinajstić information content (AvgIpc) is 3.82. The highest BCUT2D eigenvalue weighted by Gasteiger charge is 2.20. The zero-order valence-electron chi connectivity index (χ0n) is 29.3. The number of para-hydroxylation sites is 3. The van der Waals surface area contributed by atoms with Crippen molar-refractivity contribution in [3.8, 4) is 50.5 Å². The molecule has 0 saturated carbocycles. The molecule has 11 aromatic rings. The fourth-order valence-electron chi connectivity index (χ4n) is 8.34. The highest BCUT2D eigenvalue weighted by Crippen LogP contribution is 2.46. The Hall–Kier alpha value is -6.81. The molecule has 54 heavy (non-hydrogen) atoms. The van der Waals surface area contributed by atoms with E-state index in [0.717, 1.165) is 28.1 Å². The van der Waals surface area contributed by atoms with Crippen molar-refractivity contribution in [3.05, 3.63) is 194 Å². The summed E-state index contributed by atoms with van der Waals surface area (Å²) in [5.74, 6) is 0.933. The molecule has 0 atom stereocenters. The van der Waals surface area contributed by atoms with Crippen molar-refractivity contribution in [1.29, 1.82) is 0 Å². The van der Waals surface area contributed by atoms with E-state index in [9.17, 15) is 0 Å². The molecule has 0 fully saturated rings. The molecule has 252 valence electrons. The zero-order valence-corrected chi connectivity index (χ0v) is 30.1. The third-order valence-corrected chi connectivity index (χ3v) is 12.0. The molecular formula is C51H32N2S. The van der Waals surface area contributed by atoms with E-state index in [4.69, 9.17) is 4.98 Å². The van der Waals surface area contributed by atoms with Gasteiger partial charge in [-0.25, -0.2) is 4.98 Å². The predicted octanol–water partition coefficient (Wildman–Crippen LogP) is 14.4. The van der Waals surface area contributed by atoms with E-state index in [-0.39, 0.29) is 0 Å². The minimum atomic E-state index is 0.933. The van der Waals surface area contributed by atoms with Crippen molar-refractivity contribution >= 4 is 64.1 Å². The summed E-state index contributed by atoms with van der Waals surface area (Å²) in [4.78, 5) is 5.15. The lowest BCUT2D eigenvalue weighted by atomic mass is 9.84. The van der Waals surface area contributed by atoms with Crippen LogP contribution in [0, 0.1) is 0 Å². The highest BCUT2D eigenvalue weighted by atomic mass is 32.1. The van der Waals surface area contributed by atoms with E-state index in [1.165, 1.54) is 75.1 Å². The summed E-state index contributed by atoms with van der Waals surface area (Å²) in [6.45, 7) is 0. The van der Waals surface area contributed by atoms with Crippen molar-refractivity contribution < 1.29 is 0 Å². The maximum Gasteiger partial charge on any atom is 0.145 e. The third-order valence-electron chi connectivity index (χ3n) is 10.8. The van der Waals surface area contributed by atoms with Crippen LogP contribution in [0.5, 0.6) is 0 Å². The summed E-state index contributed by atoms with van der Waals surface area (Å²) in [5.41, 5.74) is 11.6. The summed E-state index contributed by atoms with van der Waals surface area (Å²) in [6.07, 6.45) is 0. The maximum absolute atomic E-state index is 5.15. The Bertz CT molecular complexity index is 3190. The van der Waals surface area contributed by atoms with Crippen LogP contribution in [-0.2, 0) is 0 Å². The number of fused-ring (bicyclic) bond motifs is 6. The fraction of sp³-hybridized carbons (Fsp3) is 0. The molecule has 9 aromatic carbocycles. The first kappa shape index (κ1) is 30.8. The molecular weight excluding hydrogens is 673 g/mol. The number of hydrogen-bond donors (Lipinski definition) is 0. The van der Waals surface area contributed by atoms with E-state index >= 15 is 0 Å². The molecule has 0 saturated heterocycles. The van der Waals surface area contributed by atoms with Gasteiger partial charge in [0.15, 0.2) is 0 Å². The van der Waals surface area contributed by atoms with E-state index < -0.39 is 0 Å². The number of aromatic nitrogens is 2. The normalized spacial score (nSPS) is 11.7. The number of imidazole rings is 1. The number of benzene rings is 9. The molecule has 0 radical (unpaired) electrons. The predicted molar refractivity (Wildman–Crippen MR) is 231 cm³/mol. The summed E-state index contributed by atoms with van der Waals surface area (Å²) in [5, 5.41) is 7.61. The van der Waals surface area contributed by atoms with Crippen LogP contribution < -0.4 is 0 Å². The van der Waals surface area contributed by atoms with Gasteiger partial charge in [-0.3, -0.25) is 4.57 Å². The van der Waals surface area contributed by atoms with E-state index in [2.05, 4.69) is 199 Å². The molecule has 0 N–H and O–H groups in total. The fourth-order valence-corrected chi connectivity index (χ4v) is 9.42. The van der Waals surface area contributed by atoms with Gasteiger partial charge >= 0.3 is 0 Å². The second-order valence-electron chi connectivity index (χ2n) is 13.9. The van der Waals surface area contributed by atoms with Crippen molar-refractivity contribution in [3.63, 3.8) is 0 Å². The van der Waals surface area contributed by atoms with Gasteiger partial charge in [-0.1, -0.05) is 146 Å². The van der Waals surface area contributed by atoms with E-state index in [0.29, 0.717) is 0 Å². The second-order valence-corrected chi connectivity index (χ2v) is 15.0. The van der Waals surface area contributed by atoms with Crippen molar-refractivity contribution in [2.45, 2.75) is 0 Å². The first-order valence-electron chi connectivity index (χ1n) is 18.4. The van der Waals surface area contributed by atoms with E-state index in [1.807, 2.05) is 11.3 Å². The first-order valence-corrected chi connectivity index (χ1v) is 19.2. The molecule has 0 aliphatic rings. The Balaban J connectivity index is 1.15. The van der Waals surface area contributed by atoms with Gasteiger partial charge in [0.25, 0.3) is 0 Å². The standard InChI is InChI=1S/C51H32N2S/c1-3-13-33(14-4-1)36-27-29-42-44(31-36)50(37-28-30-48-43(32-37)39-17-9-12-22-47(39)54-48)41-19-8-7-18-40(41)49(42)34-23-25-35(26-24-34)51-52-45-20-10-11-21-46(45)53(51)38-15-5-2-6-16-38/h1-32H. The molecule has 0 spiro atoms. The van der Waals surface area contributed by atoms with Gasteiger partial charge in [0.2, 0.25) is 0 Å². The summed E-state index contributed by atoms with van der Waals surface area (Å²) in [7, 11) is 0. The van der Waals surface area contributed by atoms with Gasteiger partial charge in [-0.05, 0) is 103 Å². The molecule has 0 amide bonds. The quantitative estimate of drug-likeness (QED) is 0.163. The molecule has 2 nitrogen and oxygen atoms in total. The van der Waals surface area contributed by atoms with Gasteiger partial charge in [0, 0.05) is 31.4 Å². The Labute approximate surface area is 316 Å². The molecule has 11 rings (SSSR count). The van der Waals surface area contributed by atoms with Crippen LogP contribution in [0.4, 0.5) is 0 Å². The summed E-state index contributed by atoms with van der Waals surface area (Å²) < 4.78 is 4.91. The molecule has 2 aromatic heterocycles. The molecule has 0 bridgehead atoms. The summed E-state index contributed by atoms with van der Waals surface area (Å²) >= 11 is 1.87.